The Morgan fingerprint density at radius 3 is 2.18 bits per heavy atom. The van der Waals surface area contributed by atoms with E-state index in [0.717, 1.165) is 18.4 Å². The molecule has 0 bridgehead atoms. The monoisotopic (exact) mass is 290 g/mol. The van der Waals surface area contributed by atoms with Crippen molar-refractivity contribution in [1.29, 1.82) is 0 Å². The fourth-order valence-corrected chi connectivity index (χ4v) is 3.14. The van der Waals surface area contributed by atoms with Crippen molar-refractivity contribution >= 4 is 10.8 Å². The molecule has 0 aliphatic heterocycles. The fourth-order valence-electron chi connectivity index (χ4n) is 3.14. The number of rotatable bonds is 5. The third-order valence-electron chi connectivity index (χ3n) is 4.32. The van der Waals surface area contributed by atoms with Gasteiger partial charge in [-0.1, -0.05) is 86.1 Å². The largest absolute Gasteiger partial charge is 0.388 e. The van der Waals surface area contributed by atoms with Crippen LogP contribution in [0.25, 0.3) is 10.8 Å². The van der Waals surface area contributed by atoms with E-state index in [4.69, 9.17) is 0 Å². The van der Waals surface area contributed by atoms with E-state index in [0.29, 0.717) is 0 Å². The second kappa shape index (κ2) is 6.76. The van der Waals surface area contributed by atoms with Gasteiger partial charge in [-0.15, -0.1) is 0 Å². The summed E-state index contributed by atoms with van der Waals surface area (Å²) in [5, 5.41) is 13.3. The van der Waals surface area contributed by atoms with Crippen LogP contribution in [0.3, 0.4) is 0 Å². The van der Waals surface area contributed by atoms with E-state index >= 15 is 0 Å². The number of aliphatic hydroxyl groups is 1. The highest BCUT2D eigenvalue weighted by atomic mass is 16.3. The standard InChI is InChI=1S/C21H22O/c1-2-8-20(21(22)17-10-4-3-5-11-17)19-14-13-16-9-6-7-12-18(16)15-19/h3-7,9-15,20-22H,2,8H2,1H3/t20-,21+/m0/s1. The Morgan fingerprint density at radius 1 is 0.773 bits per heavy atom. The van der Waals surface area contributed by atoms with Crippen LogP contribution >= 0.6 is 0 Å². The maximum atomic E-state index is 10.8. The molecule has 3 aromatic rings. The fraction of sp³-hybridized carbons (Fsp3) is 0.238. The molecule has 1 nitrogen and oxygen atoms in total. The summed E-state index contributed by atoms with van der Waals surface area (Å²) in [7, 11) is 0. The topological polar surface area (TPSA) is 20.2 Å². The zero-order valence-electron chi connectivity index (χ0n) is 12.9. The van der Waals surface area contributed by atoms with Crippen molar-refractivity contribution in [3.8, 4) is 0 Å². The van der Waals surface area contributed by atoms with Gasteiger partial charge in [0.25, 0.3) is 0 Å². The lowest BCUT2D eigenvalue weighted by Crippen LogP contribution is -2.11. The van der Waals surface area contributed by atoms with Crippen LogP contribution in [0, 0.1) is 0 Å². The average molecular weight is 290 g/mol. The molecule has 0 heterocycles. The van der Waals surface area contributed by atoms with E-state index in [1.165, 1.54) is 16.3 Å². The predicted molar refractivity (Wildman–Crippen MR) is 93.0 cm³/mol. The maximum Gasteiger partial charge on any atom is 0.0858 e. The summed E-state index contributed by atoms with van der Waals surface area (Å²) < 4.78 is 0. The zero-order valence-corrected chi connectivity index (χ0v) is 12.9. The van der Waals surface area contributed by atoms with Crippen molar-refractivity contribution in [2.75, 3.05) is 0 Å². The summed E-state index contributed by atoms with van der Waals surface area (Å²) in [6, 6.07) is 24.9. The minimum atomic E-state index is -0.456. The Bertz CT molecular complexity index is 733. The first-order valence-electron chi connectivity index (χ1n) is 8.01. The van der Waals surface area contributed by atoms with Crippen molar-refractivity contribution in [2.24, 2.45) is 0 Å². The first-order valence-corrected chi connectivity index (χ1v) is 8.01. The SMILES string of the molecule is CCC[C@@H](c1ccc2ccccc2c1)[C@H](O)c1ccccc1. The summed E-state index contributed by atoms with van der Waals surface area (Å²) in [5.74, 6) is 0.136. The number of hydrogen-bond donors (Lipinski definition) is 1. The number of hydrogen-bond acceptors (Lipinski definition) is 1. The van der Waals surface area contributed by atoms with Gasteiger partial charge >= 0.3 is 0 Å². The molecule has 0 unspecified atom stereocenters. The van der Waals surface area contributed by atoms with E-state index < -0.39 is 6.10 Å². The Hall–Kier alpha value is -2.12. The van der Waals surface area contributed by atoms with Gasteiger partial charge in [0.1, 0.15) is 0 Å². The summed E-state index contributed by atoms with van der Waals surface area (Å²) in [5.41, 5.74) is 2.21. The van der Waals surface area contributed by atoms with Gasteiger partial charge in [-0.05, 0) is 28.3 Å². The van der Waals surface area contributed by atoms with Crippen molar-refractivity contribution in [3.63, 3.8) is 0 Å². The van der Waals surface area contributed by atoms with Gasteiger partial charge in [-0.3, -0.25) is 0 Å². The van der Waals surface area contributed by atoms with E-state index in [9.17, 15) is 5.11 Å². The van der Waals surface area contributed by atoms with Crippen LogP contribution in [0.4, 0.5) is 0 Å². The highest BCUT2D eigenvalue weighted by Crippen LogP contribution is 2.35. The normalized spacial score (nSPS) is 13.9. The van der Waals surface area contributed by atoms with E-state index in [1.54, 1.807) is 0 Å². The van der Waals surface area contributed by atoms with Gasteiger partial charge < -0.3 is 5.11 Å². The lowest BCUT2D eigenvalue weighted by molar-refractivity contribution is 0.140. The van der Waals surface area contributed by atoms with E-state index in [2.05, 4.69) is 49.4 Å². The third kappa shape index (κ3) is 3.05. The molecule has 1 N–H and O–H groups in total. The lowest BCUT2D eigenvalue weighted by Gasteiger charge is -2.24. The second-order valence-corrected chi connectivity index (χ2v) is 5.86. The summed E-state index contributed by atoms with van der Waals surface area (Å²) in [6.45, 7) is 2.17. The number of fused-ring (bicyclic) bond motifs is 1. The lowest BCUT2D eigenvalue weighted by atomic mass is 9.85. The van der Waals surface area contributed by atoms with Crippen molar-refractivity contribution in [2.45, 2.75) is 31.8 Å². The van der Waals surface area contributed by atoms with Crippen LogP contribution in [-0.4, -0.2) is 5.11 Å². The Morgan fingerprint density at radius 2 is 1.45 bits per heavy atom. The molecule has 0 amide bonds. The maximum absolute atomic E-state index is 10.8. The van der Waals surface area contributed by atoms with Gasteiger partial charge in [-0.25, -0.2) is 0 Å². The molecule has 2 atom stereocenters. The Balaban J connectivity index is 1.98. The van der Waals surface area contributed by atoms with Gasteiger partial charge in [0.2, 0.25) is 0 Å². The smallest absolute Gasteiger partial charge is 0.0858 e. The highest BCUT2D eigenvalue weighted by molar-refractivity contribution is 5.83. The molecule has 0 aliphatic carbocycles. The molecule has 0 saturated carbocycles. The van der Waals surface area contributed by atoms with Crippen LogP contribution in [0.2, 0.25) is 0 Å². The molecule has 112 valence electrons. The second-order valence-electron chi connectivity index (χ2n) is 5.86. The zero-order chi connectivity index (χ0) is 15.4. The molecule has 1 heteroatoms. The summed E-state index contributed by atoms with van der Waals surface area (Å²) >= 11 is 0. The molecule has 0 spiro atoms. The molecular weight excluding hydrogens is 268 g/mol. The quantitative estimate of drug-likeness (QED) is 0.661. The number of aliphatic hydroxyl groups excluding tert-OH is 1. The molecule has 0 fully saturated rings. The first-order chi connectivity index (χ1) is 10.8. The number of benzene rings is 3. The average Bonchev–Trinajstić information content (AvgIpc) is 2.59. The first kappa shape index (κ1) is 14.8. The van der Waals surface area contributed by atoms with Crippen LogP contribution in [0.1, 0.15) is 42.9 Å². The third-order valence-corrected chi connectivity index (χ3v) is 4.32. The van der Waals surface area contributed by atoms with Crippen LogP contribution in [-0.2, 0) is 0 Å². The minimum Gasteiger partial charge on any atom is -0.388 e. The van der Waals surface area contributed by atoms with E-state index in [1.807, 2.05) is 30.3 Å². The van der Waals surface area contributed by atoms with Crippen molar-refractivity contribution in [3.05, 3.63) is 83.9 Å². The van der Waals surface area contributed by atoms with Gasteiger partial charge in [0.15, 0.2) is 0 Å². The molecule has 0 aliphatic rings. The molecular formula is C21H22O. The van der Waals surface area contributed by atoms with Gasteiger partial charge in [0.05, 0.1) is 6.10 Å². The van der Waals surface area contributed by atoms with Gasteiger partial charge in [0, 0.05) is 5.92 Å². The summed E-state index contributed by atoms with van der Waals surface area (Å²) in [6.07, 6.45) is 1.58. The van der Waals surface area contributed by atoms with Crippen molar-refractivity contribution < 1.29 is 5.11 Å². The molecule has 3 aromatic carbocycles. The predicted octanol–water partition coefficient (Wildman–Crippen LogP) is 5.46. The minimum absolute atomic E-state index is 0.136. The van der Waals surface area contributed by atoms with Crippen LogP contribution in [0.15, 0.2) is 72.8 Å². The van der Waals surface area contributed by atoms with Gasteiger partial charge in [-0.2, -0.15) is 0 Å². The summed E-state index contributed by atoms with van der Waals surface area (Å²) in [4.78, 5) is 0. The van der Waals surface area contributed by atoms with Crippen molar-refractivity contribution in [1.82, 2.24) is 0 Å². The molecule has 0 saturated heterocycles. The molecule has 0 radical (unpaired) electrons. The molecule has 22 heavy (non-hydrogen) atoms. The molecule has 0 aromatic heterocycles. The Labute approximate surface area is 132 Å². The highest BCUT2D eigenvalue weighted by Gasteiger charge is 2.22. The van der Waals surface area contributed by atoms with Crippen LogP contribution < -0.4 is 0 Å². The van der Waals surface area contributed by atoms with Crippen LogP contribution in [0.5, 0.6) is 0 Å². The Kier molecular flexibility index (Phi) is 4.55. The molecule has 3 rings (SSSR count). The van der Waals surface area contributed by atoms with E-state index in [-0.39, 0.29) is 5.92 Å².